The molecule has 1 heterocycles. The molecule has 19 heavy (non-hydrogen) atoms. The summed E-state index contributed by atoms with van der Waals surface area (Å²) in [5, 5.41) is 12.4. The molecule has 1 aliphatic rings. The summed E-state index contributed by atoms with van der Waals surface area (Å²) in [4.78, 5) is 0. The molecule has 0 saturated heterocycles. The van der Waals surface area contributed by atoms with Crippen molar-refractivity contribution in [2.24, 2.45) is 5.41 Å². The second-order valence-electron chi connectivity index (χ2n) is 5.75. The zero-order valence-corrected chi connectivity index (χ0v) is 11.7. The van der Waals surface area contributed by atoms with E-state index in [0.717, 1.165) is 43.0 Å². The fourth-order valence-electron chi connectivity index (χ4n) is 2.31. The number of ether oxygens (including phenoxy) is 2. The predicted octanol–water partition coefficient (Wildman–Crippen LogP) is 2.30. The van der Waals surface area contributed by atoms with E-state index in [1.165, 1.54) is 0 Å². The normalized spacial score (nSPS) is 13.8. The molecule has 0 unspecified atom stereocenters. The van der Waals surface area contributed by atoms with Gasteiger partial charge in [-0.1, -0.05) is 26.0 Å². The Kier molecular flexibility index (Phi) is 4.66. The van der Waals surface area contributed by atoms with Crippen LogP contribution in [0.25, 0.3) is 0 Å². The Bertz CT molecular complexity index is 418. The first-order valence-corrected chi connectivity index (χ1v) is 6.81. The summed E-state index contributed by atoms with van der Waals surface area (Å²) in [6, 6.07) is 5.97. The molecule has 1 aromatic carbocycles. The lowest BCUT2D eigenvalue weighted by molar-refractivity contribution is 0.173. The Morgan fingerprint density at radius 2 is 2.16 bits per heavy atom. The Morgan fingerprint density at radius 1 is 1.32 bits per heavy atom. The molecule has 1 aliphatic heterocycles. The van der Waals surface area contributed by atoms with Gasteiger partial charge in [0.05, 0.1) is 0 Å². The fraction of sp³-hybridized carbons (Fsp3) is 0.600. The van der Waals surface area contributed by atoms with Crippen LogP contribution < -0.4 is 14.8 Å². The zero-order chi connectivity index (χ0) is 13.7. The lowest BCUT2D eigenvalue weighted by Crippen LogP contribution is -2.29. The second kappa shape index (κ2) is 6.26. The van der Waals surface area contributed by atoms with Gasteiger partial charge in [-0.15, -0.1) is 0 Å². The van der Waals surface area contributed by atoms with Crippen molar-refractivity contribution in [1.29, 1.82) is 0 Å². The molecule has 0 aliphatic carbocycles. The standard InChI is InChI=1S/C15H23NO3/c1-15(2,7-4-8-17)10-16-9-12-5-3-6-13-14(12)19-11-18-13/h3,5-6,16-17H,4,7-11H2,1-2H3. The van der Waals surface area contributed by atoms with E-state index in [-0.39, 0.29) is 12.0 Å². The molecule has 0 atom stereocenters. The molecule has 0 fully saturated rings. The third-order valence-electron chi connectivity index (χ3n) is 3.41. The minimum atomic E-state index is 0.193. The minimum absolute atomic E-state index is 0.193. The van der Waals surface area contributed by atoms with Crippen LogP contribution in [0.15, 0.2) is 18.2 Å². The monoisotopic (exact) mass is 265 g/mol. The average molecular weight is 265 g/mol. The maximum atomic E-state index is 8.89. The maximum absolute atomic E-state index is 8.89. The van der Waals surface area contributed by atoms with E-state index in [0.29, 0.717) is 6.79 Å². The number of aliphatic hydroxyl groups excluding tert-OH is 1. The van der Waals surface area contributed by atoms with Gasteiger partial charge in [-0.05, 0) is 24.3 Å². The molecule has 0 spiro atoms. The zero-order valence-electron chi connectivity index (χ0n) is 11.7. The third kappa shape index (κ3) is 3.85. The molecule has 0 bridgehead atoms. The molecule has 106 valence electrons. The summed E-state index contributed by atoms with van der Waals surface area (Å²) < 4.78 is 10.8. The van der Waals surface area contributed by atoms with Crippen molar-refractivity contribution in [3.63, 3.8) is 0 Å². The first-order chi connectivity index (χ1) is 9.12. The molecule has 0 radical (unpaired) electrons. The smallest absolute Gasteiger partial charge is 0.231 e. The fourth-order valence-corrected chi connectivity index (χ4v) is 2.31. The molecular weight excluding hydrogens is 242 g/mol. The quantitative estimate of drug-likeness (QED) is 0.794. The van der Waals surface area contributed by atoms with Crippen molar-refractivity contribution >= 4 is 0 Å². The molecule has 2 rings (SSSR count). The second-order valence-corrected chi connectivity index (χ2v) is 5.75. The van der Waals surface area contributed by atoms with Gasteiger partial charge in [-0.25, -0.2) is 0 Å². The first kappa shape index (κ1) is 14.2. The van der Waals surface area contributed by atoms with Crippen molar-refractivity contribution in [2.75, 3.05) is 19.9 Å². The van der Waals surface area contributed by atoms with Gasteiger partial charge in [0.15, 0.2) is 11.5 Å². The highest BCUT2D eigenvalue weighted by Gasteiger charge is 2.19. The van der Waals surface area contributed by atoms with Crippen LogP contribution in [0.3, 0.4) is 0 Å². The van der Waals surface area contributed by atoms with Gasteiger partial charge in [0.2, 0.25) is 6.79 Å². The van der Waals surface area contributed by atoms with Crippen LogP contribution in [0.5, 0.6) is 11.5 Å². The number of hydrogen-bond donors (Lipinski definition) is 2. The van der Waals surface area contributed by atoms with Crippen LogP contribution in [0.1, 0.15) is 32.3 Å². The van der Waals surface area contributed by atoms with Gasteiger partial charge in [-0.2, -0.15) is 0 Å². The number of para-hydroxylation sites is 1. The van der Waals surface area contributed by atoms with E-state index in [9.17, 15) is 0 Å². The van der Waals surface area contributed by atoms with Crippen LogP contribution in [-0.4, -0.2) is 25.1 Å². The minimum Gasteiger partial charge on any atom is -0.454 e. The summed E-state index contributed by atoms with van der Waals surface area (Å²) in [6.45, 7) is 6.69. The Hall–Kier alpha value is -1.26. The summed E-state index contributed by atoms with van der Waals surface area (Å²) in [5.41, 5.74) is 1.32. The van der Waals surface area contributed by atoms with Crippen molar-refractivity contribution in [3.8, 4) is 11.5 Å². The molecular formula is C15H23NO3. The summed E-state index contributed by atoms with van der Waals surface area (Å²) >= 11 is 0. The van der Waals surface area contributed by atoms with Gasteiger partial charge in [-0.3, -0.25) is 0 Å². The molecule has 0 amide bonds. The van der Waals surface area contributed by atoms with E-state index < -0.39 is 0 Å². The van der Waals surface area contributed by atoms with Crippen molar-refractivity contribution in [2.45, 2.75) is 33.2 Å². The van der Waals surface area contributed by atoms with Crippen LogP contribution >= 0.6 is 0 Å². The topological polar surface area (TPSA) is 50.7 Å². The largest absolute Gasteiger partial charge is 0.454 e. The van der Waals surface area contributed by atoms with Crippen LogP contribution in [0, 0.1) is 5.41 Å². The highest BCUT2D eigenvalue weighted by molar-refractivity contribution is 5.48. The first-order valence-electron chi connectivity index (χ1n) is 6.81. The molecule has 1 aromatic rings. The predicted molar refractivity (Wildman–Crippen MR) is 74.4 cm³/mol. The van der Waals surface area contributed by atoms with Gasteiger partial charge in [0, 0.05) is 25.3 Å². The van der Waals surface area contributed by atoms with E-state index >= 15 is 0 Å². The number of rotatable bonds is 7. The lowest BCUT2D eigenvalue weighted by Gasteiger charge is -2.24. The van der Waals surface area contributed by atoms with Gasteiger partial charge >= 0.3 is 0 Å². The highest BCUT2D eigenvalue weighted by atomic mass is 16.7. The molecule has 0 saturated carbocycles. The van der Waals surface area contributed by atoms with Crippen molar-refractivity contribution in [3.05, 3.63) is 23.8 Å². The summed E-state index contributed by atoms with van der Waals surface area (Å²) in [7, 11) is 0. The van der Waals surface area contributed by atoms with E-state index in [2.05, 4.69) is 25.2 Å². The number of hydrogen-bond acceptors (Lipinski definition) is 4. The molecule has 2 N–H and O–H groups in total. The Balaban J connectivity index is 1.85. The van der Waals surface area contributed by atoms with Crippen LogP contribution in [-0.2, 0) is 6.54 Å². The Labute approximate surface area is 114 Å². The highest BCUT2D eigenvalue weighted by Crippen LogP contribution is 2.35. The maximum Gasteiger partial charge on any atom is 0.231 e. The SMILES string of the molecule is CC(C)(CCCO)CNCc1cccc2c1OCO2. The van der Waals surface area contributed by atoms with E-state index in [1.807, 2.05) is 12.1 Å². The molecule has 0 aromatic heterocycles. The average Bonchev–Trinajstić information content (AvgIpc) is 2.85. The van der Waals surface area contributed by atoms with Crippen molar-refractivity contribution in [1.82, 2.24) is 5.32 Å². The number of benzene rings is 1. The van der Waals surface area contributed by atoms with Crippen molar-refractivity contribution < 1.29 is 14.6 Å². The van der Waals surface area contributed by atoms with E-state index in [1.54, 1.807) is 0 Å². The number of aliphatic hydroxyl groups is 1. The Morgan fingerprint density at radius 3 is 2.95 bits per heavy atom. The lowest BCUT2D eigenvalue weighted by atomic mass is 9.88. The van der Waals surface area contributed by atoms with Gasteiger partial charge in [0.25, 0.3) is 0 Å². The molecule has 4 heteroatoms. The third-order valence-corrected chi connectivity index (χ3v) is 3.41. The van der Waals surface area contributed by atoms with Crippen LogP contribution in [0.2, 0.25) is 0 Å². The summed E-state index contributed by atoms with van der Waals surface area (Å²) in [6.07, 6.45) is 1.87. The van der Waals surface area contributed by atoms with Gasteiger partial charge < -0.3 is 19.9 Å². The van der Waals surface area contributed by atoms with Crippen LogP contribution in [0.4, 0.5) is 0 Å². The van der Waals surface area contributed by atoms with E-state index in [4.69, 9.17) is 14.6 Å². The van der Waals surface area contributed by atoms with Gasteiger partial charge in [0.1, 0.15) is 0 Å². The molecule has 4 nitrogen and oxygen atoms in total. The summed E-state index contributed by atoms with van der Waals surface area (Å²) in [5.74, 6) is 1.70. The number of fused-ring (bicyclic) bond motifs is 1. The number of nitrogens with one attached hydrogen (secondary N) is 1.